The van der Waals surface area contributed by atoms with Crippen LogP contribution in [0.1, 0.15) is 26.7 Å². The molecule has 62 valence electrons. The van der Waals surface area contributed by atoms with Gasteiger partial charge in [0.25, 0.3) is 0 Å². The summed E-state index contributed by atoms with van der Waals surface area (Å²) in [6, 6.07) is 2.20. The summed E-state index contributed by atoms with van der Waals surface area (Å²) in [7, 11) is 0. The summed E-state index contributed by atoms with van der Waals surface area (Å²) in [4.78, 5) is 2.24. The molecule has 0 saturated carbocycles. The molecule has 0 aromatic carbocycles. The molecule has 2 heteroatoms. The highest BCUT2D eigenvalue weighted by Crippen LogP contribution is 2.27. The lowest BCUT2D eigenvalue weighted by Crippen LogP contribution is -2.40. The summed E-state index contributed by atoms with van der Waals surface area (Å²) >= 11 is 0. The van der Waals surface area contributed by atoms with Crippen LogP contribution in [0.4, 0.5) is 0 Å². The van der Waals surface area contributed by atoms with Gasteiger partial charge in [-0.15, -0.1) is 0 Å². The van der Waals surface area contributed by atoms with Crippen LogP contribution in [0.2, 0.25) is 0 Å². The van der Waals surface area contributed by atoms with Gasteiger partial charge in [0.1, 0.15) is 0 Å². The molecule has 0 radical (unpaired) electrons. The molecule has 1 aliphatic heterocycles. The number of piperidine rings is 1. The molecule has 0 N–H and O–H groups in total. The molecule has 11 heavy (non-hydrogen) atoms. The average Bonchev–Trinajstić information content (AvgIpc) is 1.85. The second-order valence-electron chi connectivity index (χ2n) is 4.14. The number of likely N-dealkylation sites (tertiary alicyclic amines) is 1. The van der Waals surface area contributed by atoms with Crippen LogP contribution in [0, 0.1) is 16.7 Å². The maximum Gasteiger partial charge on any atom is 0.0866 e. The summed E-state index contributed by atoms with van der Waals surface area (Å²) in [5, 5.41) is 8.50. The summed E-state index contributed by atoms with van der Waals surface area (Å²) in [6.45, 7) is 7.34. The molecule has 1 rings (SSSR count). The van der Waals surface area contributed by atoms with Crippen LogP contribution in [-0.2, 0) is 0 Å². The van der Waals surface area contributed by atoms with Crippen LogP contribution < -0.4 is 0 Å². The van der Waals surface area contributed by atoms with Gasteiger partial charge < -0.3 is 0 Å². The van der Waals surface area contributed by atoms with Gasteiger partial charge in [0.15, 0.2) is 0 Å². The van der Waals surface area contributed by atoms with E-state index in [1.165, 1.54) is 12.8 Å². The van der Waals surface area contributed by atoms with E-state index in [-0.39, 0.29) is 0 Å². The highest BCUT2D eigenvalue weighted by atomic mass is 15.1. The van der Waals surface area contributed by atoms with Crippen molar-refractivity contribution < 1.29 is 0 Å². The maximum atomic E-state index is 8.50. The smallest absolute Gasteiger partial charge is 0.0866 e. The van der Waals surface area contributed by atoms with E-state index in [4.69, 9.17) is 5.26 Å². The quantitative estimate of drug-likeness (QED) is 0.534. The van der Waals surface area contributed by atoms with Gasteiger partial charge in [0.2, 0.25) is 0 Å². The minimum Gasteiger partial charge on any atom is -0.290 e. The van der Waals surface area contributed by atoms with Crippen molar-refractivity contribution in [3.63, 3.8) is 0 Å². The second-order valence-corrected chi connectivity index (χ2v) is 4.14. The van der Waals surface area contributed by atoms with E-state index in [0.29, 0.717) is 12.0 Å². The number of rotatable bonds is 1. The molecule has 0 aliphatic carbocycles. The van der Waals surface area contributed by atoms with E-state index < -0.39 is 0 Å². The van der Waals surface area contributed by atoms with Crippen LogP contribution in [-0.4, -0.2) is 24.5 Å². The van der Waals surface area contributed by atoms with E-state index in [2.05, 4.69) is 24.8 Å². The fourth-order valence-electron chi connectivity index (χ4n) is 1.78. The first-order chi connectivity index (χ1) is 5.14. The van der Waals surface area contributed by atoms with Gasteiger partial charge in [0, 0.05) is 6.54 Å². The molecule has 1 aliphatic rings. The monoisotopic (exact) mass is 152 g/mol. The SMILES string of the molecule is CC1(C)CCCN(CC#N)C1. The molecular formula is C9H16N2. The Hall–Kier alpha value is -0.550. The van der Waals surface area contributed by atoms with Gasteiger partial charge in [-0.3, -0.25) is 4.90 Å². The van der Waals surface area contributed by atoms with Crippen molar-refractivity contribution >= 4 is 0 Å². The van der Waals surface area contributed by atoms with E-state index in [0.717, 1.165) is 13.1 Å². The molecule has 0 unspecified atom stereocenters. The molecule has 1 heterocycles. The van der Waals surface area contributed by atoms with E-state index in [9.17, 15) is 0 Å². The third-order valence-corrected chi connectivity index (χ3v) is 2.27. The van der Waals surface area contributed by atoms with Crippen LogP contribution in [0.15, 0.2) is 0 Å². The van der Waals surface area contributed by atoms with Crippen molar-refractivity contribution in [3.05, 3.63) is 0 Å². The lowest BCUT2D eigenvalue weighted by molar-refractivity contribution is 0.131. The normalized spacial score (nSPS) is 24.5. The van der Waals surface area contributed by atoms with Crippen LogP contribution >= 0.6 is 0 Å². The summed E-state index contributed by atoms with van der Waals surface area (Å²) in [5.74, 6) is 0. The zero-order valence-electron chi connectivity index (χ0n) is 7.43. The summed E-state index contributed by atoms with van der Waals surface area (Å²) in [5.41, 5.74) is 0.426. The Balaban J connectivity index is 2.41. The van der Waals surface area contributed by atoms with Gasteiger partial charge in [-0.2, -0.15) is 5.26 Å². The van der Waals surface area contributed by atoms with Crippen LogP contribution in [0.25, 0.3) is 0 Å². The largest absolute Gasteiger partial charge is 0.290 e. The lowest BCUT2D eigenvalue weighted by Gasteiger charge is -2.36. The topological polar surface area (TPSA) is 27.0 Å². The first-order valence-corrected chi connectivity index (χ1v) is 4.23. The third kappa shape index (κ3) is 2.51. The van der Waals surface area contributed by atoms with Crippen molar-refractivity contribution in [2.75, 3.05) is 19.6 Å². The van der Waals surface area contributed by atoms with Crippen molar-refractivity contribution in [1.82, 2.24) is 4.90 Å². The molecule has 2 nitrogen and oxygen atoms in total. The predicted molar refractivity (Wildman–Crippen MR) is 45.1 cm³/mol. The molecule has 0 aromatic rings. The molecular weight excluding hydrogens is 136 g/mol. The zero-order chi connectivity index (χ0) is 8.32. The average molecular weight is 152 g/mol. The highest BCUT2D eigenvalue weighted by molar-refractivity contribution is 4.84. The van der Waals surface area contributed by atoms with Gasteiger partial charge in [-0.05, 0) is 24.8 Å². The zero-order valence-corrected chi connectivity index (χ0v) is 7.43. The van der Waals surface area contributed by atoms with Gasteiger partial charge in [-0.25, -0.2) is 0 Å². The minimum atomic E-state index is 0.426. The Morgan fingerprint density at radius 3 is 2.82 bits per heavy atom. The highest BCUT2D eigenvalue weighted by Gasteiger charge is 2.25. The van der Waals surface area contributed by atoms with Crippen molar-refractivity contribution in [1.29, 1.82) is 5.26 Å². The Labute approximate surface area is 68.8 Å². The molecule has 0 aromatic heterocycles. The number of hydrogen-bond acceptors (Lipinski definition) is 2. The maximum absolute atomic E-state index is 8.50. The van der Waals surface area contributed by atoms with E-state index in [1.54, 1.807) is 0 Å². The van der Waals surface area contributed by atoms with Gasteiger partial charge in [0.05, 0.1) is 12.6 Å². The predicted octanol–water partition coefficient (Wildman–Crippen LogP) is 1.63. The van der Waals surface area contributed by atoms with Crippen molar-refractivity contribution in [3.8, 4) is 6.07 Å². The molecule has 1 fully saturated rings. The fraction of sp³-hybridized carbons (Fsp3) is 0.889. The Bertz CT molecular complexity index is 167. The van der Waals surface area contributed by atoms with E-state index >= 15 is 0 Å². The molecule has 0 amide bonds. The first kappa shape index (κ1) is 8.55. The fourth-order valence-corrected chi connectivity index (χ4v) is 1.78. The Kier molecular flexibility index (Phi) is 2.51. The molecule has 0 spiro atoms. The molecule has 0 bridgehead atoms. The second kappa shape index (κ2) is 3.23. The number of nitrogens with zero attached hydrogens (tertiary/aromatic N) is 2. The Morgan fingerprint density at radius 1 is 1.55 bits per heavy atom. The molecule has 0 atom stereocenters. The summed E-state index contributed by atoms with van der Waals surface area (Å²) < 4.78 is 0. The van der Waals surface area contributed by atoms with Crippen molar-refractivity contribution in [2.45, 2.75) is 26.7 Å². The van der Waals surface area contributed by atoms with E-state index in [1.807, 2.05) is 0 Å². The molecule has 1 saturated heterocycles. The van der Waals surface area contributed by atoms with Gasteiger partial charge in [-0.1, -0.05) is 13.8 Å². The van der Waals surface area contributed by atoms with Crippen LogP contribution in [0.3, 0.4) is 0 Å². The van der Waals surface area contributed by atoms with Gasteiger partial charge >= 0.3 is 0 Å². The lowest BCUT2D eigenvalue weighted by atomic mass is 9.84. The van der Waals surface area contributed by atoms with Crippen molar-refractivity contribution in [2.24, 2.45) is 5.41 Å². The first-order valence-electron chi connectivity index (χ1n) is 4.23. The Morgan fingerprint density at radius 2 is 2.27 bits per heavy atom. The third-order valence-electron chi connectivity index (χ3n) is 2.27. The standard InChI is InChI=1S/C9H16N2/c1-9(2)4-3-6-11(8-9)7-5-10/h3-4,6-8H2,1-2H3. The number of hydrogen-bond donors (Lipinski definition) is 0. The number of nitriles is 1. The minimum absolute atomic E-state index is 0.426. The summed E-state index contributed by atoms with van der Waals surface area (Å²) in [6.07, 6.45) is 2.55. The van der Waals surface area contributed by atoms with Crippen LogP contribution in [0.5, 0.6) is 0 Å².